The molecule has 0 atom stereocenters. The van der Waals surface area contributed by atoms with E-state index >= 15 is 0 Å². The summed E-state index contributed by atoms with van der Waals surface area (Å²) in [7, 11) is 0. The third-order valence-electron chi connectivity index (χ3n) is 0. The summed E-state index contributed by atoms with van der Waals surface area (Å²) in [5.74, 6) is 0. The Bertz CT molecular complexity index is 11.6. The molecule has 5 heavy (non-hydrogen) atoms. The Kier molecular flexibility index (Phi) is 8.56. The van der Waals surface area contributed by atoms with Crippen LogP contribution >= 0.6 is 0 Å². The topological polar surface area (TPSA) is 0 Å². The van der Waals surface area contributed by atoms with E-state index in [1.54, 1.807) is 0 Å². The molecule has 0 aliphatic rings. The number of hydrogen-bond acceptors (Lipinski definition) is 0. The molecule has 0 amide bonds. The predicted molar refractivity (Wildman–Crippen MR) is 30.5 cm³/mol. The van der Waals surface area contributed by atoms with Crippen LogP contribution in [0.5, 0.6) is 0 Å². The third-order valence-corrected chi connectivity index (χ3v) is 0. The van der Waals surface area contributed by atoms with E-state index in [2.05, 4.69) is 20.5 Å². The maximum absolute atomic E-state index is 2.17. The molecule has 0 aromatic rings. The second-order valence-electron chi connectivity index (χ2n) is 1.73. The van der Waals surface area contributed by atoms with Crippen LogP contribution in [0.3, 0.4) is 0 Å². The van der Waals surface area contributed by atoms with Crippen molar-refractivity contribution in [1.29, 1.82) is 0 Å². The van der Waals surface area contributed by atoms with Gasteiger partial charge in [-0.1, -0.05) is 20.5 Å². The van der Waals surface area contributed by atoms with E-state index in [1.807, 2.05) is 0 Å². The van der Waals surface area contributed by atoms with Gasteiger partial charge in [0.25, 0.3) is 0 Å². The fraction of sp³-hybridized carbons (Fsp3) is 1.00. The summed E-state index contributed by atoms with van der Waals surface area (Å²) in [6.45, 7) is 7.33. The van der Waals surface area contributed by atoms with Gasteiger partial charge < -0.3 is 0 Å². The Morgan fingerprint density at radius 1 is 1.00 bits per heavy atom. The van der Waals surface area contributed by atoms with Crippen molar-refractivity contribution in [2.24, 2.45) is 0 Å². The second-order valence-corrected chi connectivity index (χ2v) is 1.73. The molecule has 0 fully saturated rings. The van der Waals surface area contributed by atoms with Crippen LogP contribution < -0.4 is 0 Å². The Morgan fingerprint density at radius 3 is 1.00 bits per heavy atom. The van der Waals surface area contributed by atoms with Gasteiger partial charge in [-0.2, -0.15) is 0 Å². The minimum absolute atomic E-state index is 0. The summed E-state index contributed by atoms with van der Waals surface area (Å²) in [6.07, 6.45) is 0. The molecule has 0 aliphatic carbocycles. The summed E-state index contributed by atoms with van der Waals surface area (Å²) >= 11 is 0. The van der Waals surface area contributed by atoms with Crippen LogP contribution in [0.4, 0.5) is 0 Å². The normalized spacial score (nSPS) is 5.40. The summed E-state index contributed by atoms with van der Waals surface area (Å²) in [5.41, 5.74) is 0. The van der Waals surface area contributed by atoms with Gasteiger partial charge in [-0.15, -0.1) is 0 Å². The van der Waals surface area contributed by atoms with Gasteiger partial charge in [0.1, 0.15) is 6.71 Å². The predicted octanol–water partition coefficient (Wildman–Crippen LogP) is 0.722. The molecule has 0 unspecified atom stereocenters. The van der Waals surface area contributed by atoms with E-state index in [9.17, 15) is 0 Å². The molecule has 0 spiro atoms. The van der Waals surface area contributed by atoms with E-state index in [4.69, 9.17) is 0 Å². The van der Waals surface area contributed by atoms with Crippen LogP contribution in [-0.2, 0) is 0 Å². The van der Waals surface area contributed by atoms with Gasteiger partial charge in [-0.3, -0.25) is 0 Å². The fourth-order valence-corrected chi connectivity index (χ4v) is 0. The average molecular weight is 63.9 g/mol. The summed E-state index contributed by atoms with van der Waals surface area (Å²) < 4.78 is 0. The van der Waals surface area contributed by atoms with E-state index in [-0.39, 0.29) is 18.9 Å². The second kappa shape index (κ2) is 4.66. The molecule has 0 saturated heterocycles. The van der Waals surface area contributed by atoms with Gasteiger partial charge in [0.15, 0.2) is 0 Å². The summed E-state index contributed by atoms with van der Waals surface area (Å²) in [5, 5.41) is 0. The van der Waals surface area contributed by atoms with Gasteiger partial charge in [-0.25, -0.2) is 0 Å². The number of rotatable bonds is 0. The summed E-state index contributed by atoms with van der Waals surface area (Å²) in [4.78, 5) is 0. The van der Waals surface area contributed by atoms with Crippen molar-refractivity contribution in [3.8, 4) is 0 Å². The molecular formula is C3H10BLi. The first-order chi connectivity index (χ1) is 1.73. The Balaban J connectivity index is 0. The van der Waals surface area contributed by atoms with Crippen LogP contribution in [0.2, 0.25) is 20.5 Å². The van der Waals surface area contributed by atoms with Crippen molar-refractivity contribution in [3.63, 3.8) is 0 Å². The van der Waals surface area contributed by atoms with E-state index in [1.165, 1.54) is 0 Å². The first kappa shape index (κ1) is 9.18. The van der Waals surface area contributed by atoms with Gasteiger partial charge >= 0.3 is 18.9 Å². The Morgan fingerprint density at radius 2 is 1.00 bits per heavy atom. The summed E-state index contributed by atoms with van der Waals surface area (Å²) in [6, 6.07) is 0. The minimum atomic E-state index is 0. The van der Waals surface area contributed by atoms with Crippen LogP contribution in [-0.4, -0.2) is 25.6 Å². The average Bonchev–Trinajstić information content (AvgIpc) is 0.811. The third kappa shape index (κ3) is 75.3. The molecule has 2 heteroatoms. The zero-order valence-corrected chi connectivity index (χ0v) is 3.58. The molecule has 0 nitrogen and oxygen atoms in total. The standard InChI is InChI=1S/C3H9B.Li.H/c1-4(2)3;;/h1-3H3;;. The zero-order chi connectivity index (χ0) is 3.58. The van der Waals surface area contributed by atoms with Crippen molar-refractivity contribution < 1.29 is 0 Å². The fourth-order valence-electron chi connectivity index (χ4n) is 0. The van der Waals surface area contributed by atoms with Gasteiger partial charge in [0, 0.05) is 0 Å². The molecule has 26 valence electrons. The van der Waals surface area contributed by atoms with Gasteiger partial charge in [0.2, 0.25) is 0 Å². The molecule has 0 bridgehead atoms. The van der Waals surface area contributed by atoms with E-state index in [0.717, 1.165) is 6.71 Å². The monoisotopic (exact) mass is 64.1 g/mol. The Hall–Kier alpha value is 0.662. The molecular weight excluding hydrogens is 53.8 g/mol. The van der Waals surface area contributed by atoms with Crippen molar-refractivity contribution in [1.82, 2.24) is 0 Å². The molecule has 0 heterocycles. The van der Waals surface area contributed by atoms with Crippen LogP contribution in [0.15, 0.2) is 0 Å². The van der Waals surface area contributed by atoms with E-state index in [0.29, 0.717) is 0 Å². The molecule has 0 aromatic heterocycles. The first-order valence-electron chi connectivity index (χ1n) is 1.73. The molecule has 0 radical (unpaired) electrons. The Labute approximate surface area is 46.6 Å². The van der Waals surface area contributed by atoms with Crippen LogP contribution in [0.1, 0.15) is 0 Å². The molecule has 0 aliphatic heterocycles. The molecule has 0 aromatic carbocycles. The van der Waals surface area contributed by atoms with Crippen molar-refractivity contribution in [2.75, 3.05) is 0 Å². The van der Waals surface area contributed by atoms with Crippen LogP contribution in [0.25, 0.3) is 0 Å². The van der Waals surface area contributed by atoms with Crippen molar-refractivity contribution >= 4 is 25.6 Å². The SMILES string of the molecule is CB(C)C.[LiH]. The van der Waals surface area contributed by atoms with Crippen LogP contribution in [0, 0.1) is 0 Å². The molecule has 0 rings (SSSR count). The van der Waals surface area contributed by atoms with Gasteiger partial charge in [-0.05, 0) is 0 Å². The first-order valence-corrected chi connectivity index (χ1v) is 1.73. The zero-order valence-electron chi connectivity index (χ0n) is 3.58. The van der Waals surface area contributed by atoms with Crippen molar-refractivity contribution in [3.05, 3.63) is 0 Å². The van der Waals surface area contributed by atoms with Crippen molar-refractivity contribution in [2.45, 2.75) is 20.5 Å². The quantitative estimate of drug-likeness (QED) is 0.364. The van der Waals surface area contributed by atoms with E-state index < -0.39 is 0 Å². The molecule has 0 N–H and O–H groups in total. The number of hydrogen-bond donors (Lipinski definition) is 0. The maximum atomic E-state index is 2.17. The molecule has 0 saturated carbocycles. The van der Waals surface area contributed by atoms with Gasteiger partial charge in [0.05, 0.1) is 0 Å².